The first-order chi connectivity index (χ1) is 14.0. The smallest absolute Gasteiger partial charge is 0.133 e. The van der Waals surface area contributed by atoms with Crippen molar-refractivity contribution >= 4 is 33.1 Å². The van der Waals surface area contributed by atoms with Gasteiger partial charge in [-0.3, -0.25) is 10.8 Å². The number of rotatable bonds is 6. The van der Waals surface area contributed by atoms with Crippen molar-refractivity contribution in [3.8, 4) is 16.9 Å². The molecule has 5 nitrogen and oxygen atoms in total. The van der Waals surface area contributed by atoms with Crippen molar-refractivity contribution < 1.29 is 4.74 Å². The highest BCUT2D eigenvalue weighted by Gasteiger charge is 2.13. The van der Waals surface area contributed by atoms with E-state index in [1.807, 2.05) is 66.7 Å². The maximum atomic E-state index is 7.73. The SMILES string of the molecule is N=C(N)c1ccc(COc2ccccc2-c2cccc3sc(C(=N)N)cc23)cc1. The number of benzene rings is 3. The summed E-state index contributed by atoms with van der Waals surface area (Å²) in [6, 6.07) is 23.5. The van der Waals surface area contributed by atoms with Crippen molar-refractivity contribution in [1.29, 1.82) is 10.8 Å². The van der Waals surface area contributed by atoms with Gasteiger partial charge in [-0.1, -0.05) is 54.6 Å². The molecule has 29 heavy (non-hydrogen) atoms. The van der Waals surface area contributed by atoms with Crippen molar-refractivity contribution in [2.45, 2.75) is 6.61 Å². The summed E-state index contributed by atoms with van der Waals surface area (Å²) in [4.78, 5) is 0.761. The van der Waals surface area contributed by atoms with Gasteiger partial charge in [-0.2, -0.15) is 0 Å². The molecule has 0 spiro atoms. The van der Waals surface area contributed by atoms with Crippen LogP contribution in [0.25, 0.3) is 21.2 Å². The molecule has 0 saturated heterocycles. The molecule has 0 aliphatic heterocycles. The first kappa shape index (κ1) is 18.7. The van der Waals surface area contributed by atoms with E-state index in [-0.39, 0.29) is 11.7 Å². The molecular formula is C23H20N4OS. The Labute approximate surface area is 172 Å². The summed E-state index contributed by atoms with van der Waals surface area (Å²) in [5.74, 6) is 0.915. The fraction of sp³-hybridized carbons (Fsp3) is 0.0435. The fourth-order valence-corrected chi connectivity index (χ4v) is 4.13. The Balaban J connectivity index is 1.66. The standard InChI is InChI=1S/C23H20N4OS/c24-22(25)15-10-8-14(9-11-15)13-28-19-6-2-1-4-17(19)16-5-3-7-20-18(16)12-21(29-20)23(26)27/h1-12H,13H2,(H3,24,25)(H3,26,27). The van der Waals surface area contributed by atoms with E-state index in [4.69, 9.17) is 27.0 Å². The monoisotopic (exact) mass is 400 g/mol. The van der Waals surface area contributed by atoms with E-state index in [2.05, 4.69) is 6.07 Å². The van der Waals surface area contributed by atoms with Gasteiger partial charge in [-0.15, -0.1) is 11.3 Å². The van der Waals surface area contributed by atoms with Gasteiger partial charge in [0.2, 0.25) is 0 Å². The summed E-state index contributed by atoms with van der Waals surface area (Å²) in [7, 11) is 0. The van der Waals surface area contributed by atoms with E-state index in [0.717, 1.165) is 37.4 Å². The maximum absolute atomic E-state index is 7.73. The first-order valence-corrected chi connectivity index (χ1v) is 9.87. The van der Waals surface area contributed by atoms with E-state index >= 15 is 0 Å². The van der Waals surface area contributed by atoms with Crippen LogP contribution < -0.4 is 16.2 Å². The van der Waals surface area contributed by atoms with Gasteiger partial charge in [0.05, 0.1) is 4.88 Å². The Hall–Kier alpha value is -3.64. The minimum Gasteiger partial charge on any atom is -0.488 e. The van der Waals surface area contributed by atoms with E-state index in [1.54, 1.807) is 0 Å². The topological polar surface area (TPSA) is 109 Å². The minimum absolute atomic E-state index is 0.0524. The highest BCUT2D eigenvalue weighted by Crippen LogP contribution is 2.38. The summed E-state index contributed by atoms with van der Waals surface area (Å²) in [5.41, 5.74) is 14.9. The predicted molar refractivity (Wildman–Crippen MR) is 120 cm³/mol. The van der Waals surface area contributed by atoms with Gasteiger partial charge < -0.3 is 16.2 Å². The molecule has 0 saturated carbocycles. The van der Waals surface area contributed by atoms with E-state index in [0.29, 0.717) is 12.2 Å². The molecule has 4 aromatic rings. The first-order valence-electron chi connectivity index (χ1n) is 9.05. The predicted octanol–water partition coefficient (Wildman–Crippen LogP) is 4.72. The van der Waals surface area contributed by atoms with Crippen LogP contribution in [0.15, 0.2) is 72.8 Å². The Morgan fingerprint density at radius 3 is 2.28 bits per heavy atom. The van der Waals surface area contributed by atoms with Gasteiger partial charge >= 0.3 is 0 Å². The number of nitrogens with one attached hydrogen (secondary N) is 2. The zero-order chi connectivity index (χ0) is 20.4. The third kappa shape index (κ3) is 3.83. The number of hydrogen-bond donors (Lipinski definition) is 4. The van der Waals surface area contributed by atoms with Gasteiger partial charge in [0, 0.05) is 21.2 Å². The van der Waals surface area contributed by atoms with Crippen molar-refractivity contribution in [2.24, 2.45) is 11.5 Å². The van der Waals surface area contributed by atoms with Crippen LogP contribution in [0.4, 0.5) is 0 Å². The molecule has 6 heteroatoms. The summed E-state index contributed by atoms with van der Waals surface area (Å²) in [6.45, 7) is 0.410. The molecule has 1 aromatic heterocycles. The second kappa shape index (κ2) is 7.77. The maximum Gasteiger partial charge on any atom is 0.133 e. The van der Waals surface area contributed by atoms with Gasteiger partial charge in [-0.25, -0.2) is 0 Å². The van der Waals surface area contributed by atoms with E-state index < -0.39 is 0 Å². The Kier molecular flexibility index (Phi) is 5.01. The molecular weight excluding hydrogens is 380 g/mol. The van der Waals surface area contributed by atoms with E-state index in [9.17, 15) is 0 Å². The number of nitrogen functional groups attached to an aromatic ring is 2. The summed E-state index contributed by atoms with van der Waals surface area (Å²) >= 11 is 1.52. The van der Waals surface area contributed by atoms with Gasteiger partial charge in [0.1, 0.15) is 24.0 Å². The number of fused-ring (bicyclic) bond motifs is 1. The molecule has 6 N–H and O–H groups in total. The zero-order valence-electron chi connectivity index (χ0n) is 15.6. The Morgan fingerprint density at radius 1 is 0.828 bits per heavy atom. The van der Waals surface area contributed by atoms with Gasteiger partial charge in [-0.05, 0) is 29.3 Å². The third-order valence-electron chi connectivity index (χ3n) is 4.66. The number of nitrogens with two attached hydrogens (primary N) is 2. The summed E-state index contributed by atoms with van der Waals surface area (Å²) < 4.78 is 7.22. The van der Waals surface area contributed by atoms with Crippen LogP contribution in [0.2, 0.25) is 0 Å². The lowest BCUT2D eigenvalue weighted by Crippen LogP contribution is -2.10. The average Bonchev–Trinajstić information content (AvgIpc) is 3.18. The number of thiophene rings is 1. The lowest BCUT2D eigenvalue weighted by molar-refractivity contribution is 0.307. The summed E-state index contributed by atoms with van der Waals surface area (Å²) in [5, 5.41) is 16.3. The molecule has 144 valence electrons. The quantitative estimate of drug-likeness (QED) is 0.278. The van der Waals surface area contributed by atoms with Gasteiger partial charge in [0.25, 0.3) is 0 Å². The lowest BCUT2D eigenvalue weighted by atomic mass is 10.0. The van der Waals surface area contributed by atoms with Crippen LogP contribution in [-0.2, 0) is 6.61 Å². The van der Waals surface area contributed by atoms with Crippen molar-refractivity contribution in [3.05, 3.63) is 88.8 Å². The minimum atomic E-state index is 0.0524. The van der Waals surface area contributed by atoms with E-state index in [1.165, 1.54) is 11.3 Å². The van der Waals surface area contributed by atoms with Gasteiger partial charge in [0.15, 0.2) is 0 Å². The molecule has 0 aliphatic rings. The highest BCUT2D eigenvalue weighted by atomic mass is 32.1. The summed E-state index contributed by atoms with van der Waals surface area (Å²) in [6.07, 6.45) is 0. The van der Waals surface area contributed by atoms with Crippen LogP contribution in [-0.4, -0.2) is 11.7 Å². The molecule has 0 aliphatic carbocycles. The molecule has 4 rings (SSSR count). The van der Waals surface area contributed by atoms with Crippen LogP contribution in [0.5, 0.6) is 5.75 Å². The average molecular weight is 401 g/mol. The Morgan fingerprint density at radius 2 is 1.55 bits per heavy atom. The van der Waals surface area contributed by atoms with Crippen LogP contribution in [0, 0.1) is 10.8 Å². The molecule has 1 heterocycles. The highest BCUT2D eigenvalue weighted by molar-refractivity contribution is 7.20. The molecule has 0 radical (unpaired) electrons. The molecule has 0 bridgehead atoms. The fourth-order valence-electron chi connectivity index (χ4n) is 3.19. The number of hydrogen-bond acceptors (Lipinski definition) is 4. The lowest BCUT2D eigenvalue weighted by Gasteiger charge is -2.13. The number of para-hydroxylation sites is 1. The molecule has 0 atom stereocenters. The normalized spacial score (nSPS) is 10.8. The second-order valence-electron chi connectivity index (χ2n) is 6.64. The number of ether oxygens (including phenoxy) is 1. The molecule has 0 fully saturated rings. The second-order valence-corrected chi connectivity index (χ2v) is 7.72. The van der Waals surface area contributed by atoms with Crippen LogP contribution >= 0.6 is 11.3 Å². The Bertz CT molecular complexity index is 1210. The zero-order valence-corrected chi connectivity index (χ0v) is 16.4. The third-order valence-corrected chi connectivity index (χ3v) is 5.80. The van der Waals surface area contributed by atoms with Crippen molar-refractivity contribution in [1.82, 2.24) is 0 Å². The molecule has 3 aromatic carbocycles. The molecule has 0 amide bonds. The van der Waals surface area contributed by atoms with Crippen molar-refractivity contribution in [2.75, 3.05) is 0 Å². The van der Waals surface area contributed by atoms with Crippen LogP contribution in [0.1, 0.15) is 16.0 Å². The van der Waals surface area contributed by atoms with Crippen LogP contribution in [0.3, 0.4) is 0 Å². The number of amidine groups is 2. The molecule has 0 unspecified atom stereocenters. The largest absolute Gasteiger partial charge is 0.488 e. The van der Waals surface area contributed by atoms with Crippen molar-refractivity contribution in [3.63, 3.8) is 0 Å².